The number of anilines is 1. The number of carbonyl (C=O) groups is 1. The molecule has 2 aliphatic heterocycles. The molecule has 0 unspecified atom stereocenters. The number of amides is 1. The molecule has 7 nitrogen and oxygen atoms in total. The first kappa shape index (κ1) is 22.2. The second-order valence-electron chi connectivity index (χ2n) is 9.14. The Morgan fingerprint density at radius 1 is 1.09 bits per heavy atom. The summed E-state index contributed by atoms with van der Waals surface area (Å²) in [6.45, 7) is 5.83. The highest BCUT2D eigenvalue weighted by Crippen LogP contribution is 2.35. The van der Waals surface area contributed by atoms with E-state index >= 15 is 0 Å². The molecular formula is C23H28F3N5O2. The van der Waals surface area contributed by atoms with Gasteiger partial charge >= 0.3 is 6.18 Å². The zero-order chi connectivity index (χ0) is 23.2. The number of furan rings is 1. The smallest absolute Gasteiger partial charge is 0.450 e. The van der Waals surface area contributed by atoms with Gasteiger partial charge in [-0.1, -0.05) is 6.42 Å². The molecule has 2 aromatic rings. The zero-order valence-electron chi connectivity index (χ0n) is 18.7. The van der Waals surface area contributed by atoms with E-state index in [9.17, 15) is 18.0 Å². The van der Waals surface area contributed by atoms with Crippen LogP contribution in [0.15, 0.2) is 16.7 Å². The second kappa shape index (κ2) is 8.62. The molecular weight excluding hydrogens is 435 g/mol. The Balaban J connectivity index is 1.26. The lowest BCUT2D eigenvalue weighted by atomic mass is 9.91. The third kappa shape index (κ3) is 4.45. The summed E-state index contributed by atoms with van der Waals surface area (Å²) in [5.41, 5.74) is 1.39. The van der Waals surface area contributed by atoms with Gasteiger partial charge in [-0.05, 0) is 37.8 Å². The molecule has 0 aromatic carbocycles. The van der Waals surface area contributed by atoms with Crippen LogP contribution in [0.4, 0.5) is 19.1 Å². The van der Waals surface area contributed by atoms with E-state index in [-0.39, 0.29) is 5.76 Å². The predicted molar refractivity (Wildman–Crippen MR) is 115 cm³/mol. The summed E-state index contributed by atoms with van der Waals surface area (Å²) in [7, 11) is 0. The third-order valence-corrected chi connectivity index (χ3v) is 7.03. The molecule has 178 valence electrons. The number of fused-ring (bicyclic) bond motifs is 1. The fraction of sp³-hybridized carbons (Fsp3) is 0.609. The molecule has 4 heterocycles. The van der Waals surface area contributed by atoms with Crippen LogP contribution in [0.3, 0.4) is 0 Å². The molecule has 3 aliphatic rings. The number of carbonyl (C=O) groups excluding carboxylic acids is 1. The van der Waals surface area contributed by atoms with Crippen molar-refractivity contribution in [2.24, 2.45) is 0 Å². The first-order valence-corrected chi connectivity index (χ1v) is 11.6. The molecule has 0 atom stereocenters. The van der Waals surface area contributed by atoms with E-state index in [4.69, 9.17) is 9.40 Å². The Morgan fingerprint density at radius 2 is 1.82 bits per heavy atom. The normalized spacial score (nSPS) is 20.4. The van der Waals surface area contributed by atoms with E-state index in [2.05, 4.69) is 14.8 Å². The lowest BCUT2D eigenvalue weighted by Gasteiger charge is -2.43. The molecule has 0 bridgehead atoms. The van der Waals surface area contributed by atoms with Gasteiger partial charge in [-0.15, -0.1) is 0 Å². The van der Waals surface area contributed by atoms with Crippen LogP contribution in [0.5, 0.6) is 0 Å². The molecule has 0 N–H and O–H groups in total. The van der Waals surface area contributed by atoms with Gasteiger partial charge in [0.25, 0.3) is 5.91 Å². The standard InChI is InChI=1S/C23H28F3N5O2/c1-15-13-18(20(33-15)23(24,25)26)21(32)30-7-5-16-14-27-22(28-19(16)6-8-30)31-11-9-29(10-12-31)17-3-2-4-17/h13-14,17H,2-12H2,1H3. The van der Waals surface area contributed by atoms with Crippen LogP contribution < -0.4 is 4.90 Å². The topological polar surface area (TPSA) is 65.7 Å². The number of rotatable bonds is 3. The van der Waals surface area contributed by atoms with Gasteiger partial charge in [0.15, 0.2) is 0 Å². The van der Waals surface area contributed by atoms with Crippen LogP contribution >= 0.6 is 0 Å². The van der Waals surface area contributed by atoms with E-state index in [0.717, 1.165) is 43.5 Å². The Bertz CT molecular complexity index is 1030. The van der Waals surface area contributed by atoms with Gasteiger partial charge in [0.1, 0.15) is 5.76 Å². The first-order valence-electron chi connectivity index (χ1n) is 11.6. The van der Waals surface area contributed by atoms with E-state index in [1.807, 2.05) is 6.20 Å². The van der Waals surface area contributed by atoms with Crippen molar-refractivity contribution >= 4 is 11.9 Å². The summed E-state index contributed by atoms with van der Waals surface area (Å²) >= 11 is 0. The number of piperazine rings is 1. The lowest BCUT2D eigenvalue weighted by Crippen LogP contribution is -2.52. The fourth-order valence-corrected chi connectivity index (χ4v) is 4.91. The number of alkyl halides is 3. The van der Waals surface area contributed by atoms with E-state index in [1.165, 1.54) is 37.2 Å². The Labute approximate surface area is 190 Å². The average molecular weight is 464 g/mol. The van der Waals surface area contributed by atoms with Crippen LogP contribution in [0, 0.1) is 6.92 Å². The highest BCUT2D eigenvalue weighted by Gasteiger charge is 2.41. The summed E-state index contributed by atoms with van der Waals surface area (Å²) in [5.74, 6) is -1.12. The SMILES string of the molecule is Cc1cc(C(=O)N2CCc3cnc(N4CCN(C5CCC5)CC4)nc3CC2)c(C(F)(F)F)o1. The Morgan fingerprint density at radius 3 is 2.48 bits per heavy atom. The molecule has 1 saturated carbocycles. The average Bonchev–Trinajstić information content (AvgIpc) is 3.03. The maximum absolute atomic E-state index is 13.3. The maximum atomic E-state index is 13.3. The van der Waals surface area contributed by atoms with Crippen molar-refractivity contribution in [3.63, 3.8) is 0 Å². The van der Waals surface area contributed by atoms with Crippen molar-refractivity contribution < 1.29 is 22.4 Å². The molecule has 1 amide bonds. The van der Waals surface area contributed by atoms with Crippen molar-refractivity contribution in [1.29, 1.82) is 0 Å². The van der Waals surface area contributed by atoms with E-state index in [0.29, 0.717) is 31.9 Å². The quantitative estimate of drug-likeness (QED) is 0.696. The number of aromatic nitrogens is 2. The van der Waals surface area contributed by atoms with Crippen LogP contribution in [0.2, 0.25) is 0 Å². The van der Waals surface area contributed by atoms with Crippen LogP contribution in [-0.2, 0) is 19.0 Å². The highest BCUT2D eigenvalue weighted by atomic mass is 19.4. The number of hydrogen-bond acceptors (Lipinski definition) is 6. The van der Waals surface area contributed by atoms with Crippen molar-refractivity contribution in [2.45, 2.75) is 51.2 Å². The minimum absolute atomic E-state index is 0.0664. The number of nitrogens with zero attached hydrogens (tertiary/aromatic N) is 5. The minimum Gasteiger partial charge on any atom is -0.456 e. The van der Waals surface area contributed by atoms with Gasteiger partial charge in [-0.3, -0.25) is 9.69 Å². The van der Waals surface area contributed by atoms with Gasteiger partial charge in [0.05, 0.1) is 11.3 Å². The lowest BCUT2D eigenvalue weighted by molar-refractivity contribution is -0.153. The largest absolute Gasteiger partial charge is 0.456 e. The predicted octanol–water partition coefficient (Wildman–Crippen LogP) is 3.31. The van der Waals surface area contributed by atoms with Gasteiger partial charge < -0.3 is 14.2 Å². The second-order valence-corrected chi connectivity index (χ2v) is 9.14. The summed E-state index contributed by atoms with van der Waals surface area (Å²) in [6.07, 6.45) is 2.02. The molecule has 2 fully saturated rings. The number of halogens is 3. The third-order valence-electron chi connectivity index (χ3n) is 7.03. The van der Waals surface area contributed by atoms with Gasteiger partial charge in [0, 0.05) is 57.9 Å². The zero-order valence-corrected chi connectivity index (χ0v) is 18.7. The van der Waals surface area contributed by atoms with Gasteiger partial charge in [-0.2, -0.15) is 13.2 Å². The summed E-state index contributed by atoms with van der Waals surface area (Å²) < 4.78 is 44.7. The molecule has 2 aromatic heterocycles. The molecule has 0 radical (unpaired) electrons. The van der Waals surface area contributed by atoms with E-state index in [1.54, 1.807) is 0 Å². The fourth-order valence-electron chi connectivity index (χ4n) is 4.91. The monoisotopic (exact) mass is 463 g/mol. The number of aryl methyl sites for hydroxylation is 1. The summed E-state index contributed by atoms with van der Waals surface area (Å²) in [4.78, 5) is 28.5. The molecule has 0 spiro atoms. The Kier molecular flexibility index (Phi) is 5.80. The van der Waals surface area contributed by atoms with Crippen molar-refractivity contribution in [2.75, 3.05) is 44.2 Å². The molecule has 1 saturated heterocycles. The summed E-state index contributed by atoms with van der Waals surface area (Å²) in [5, 5.41) is 0. The Hall–Kier alpha value is -2.62. The van der Waals surface area contributed by atoms with Crippen molar-refractivity contribution in [3.8, 4) is 0 Å². The summed E-state index contributed by atoms with van der Waals surface area (Å²) in [6, 6.07) is 1.91. The van der Waals surface area contributed by atoms with Crippen molar-refractivity contribution in [1.82, 2.24) is 19.8 Å². The molecule has 33 heavy (non-hydrogen) atoms. The van der Waals surface area contributed by atoms with Gasteiger partial charge in [-0.25, -0.2) is 9.97 Å². The molecule has 10 heteroatoms. The highest BCUT2D eigenvalue weighted by molar-refractivity contribution is 5.95. The van der Waals surface area contributed by atoms with E-state index < -0.39 is 23.4 Å². The molecule has 1 aliphatic carbocycles. The van der Waals surface area contributed by atoms with Gasteiger partial charge in [0.2, 0.25) is 11.7 Å². The van der Waals surface area contributed by atoms with Crippen molar-refractivity contribution in [3.05, 3.63) is 40.6 Å². The minimum atomic E-state index is -4.71. The van der Waals surface area contributed by atoms with Crippen LogP contribution in [-0.4, -0.2) is 71.0 Å². The number of hydrogen-bond donors (Lipinski definition) is 0. The maximum Gasteiger partial charge on any atom is 0.450 e. The van der Waals surface area contributed by atoms with Crippen LogP contribution in [0.25, 0.3) is 0 Å². The molecule has 5 rings (SSSR count). The first-order chi connectivity index (χ1) is 15.8. The van der Waals surface area contributed by atoms with Crippen LogP contribution in [0.1, 0.15) is 52.4 Å².